The number of carbonyl (C=O) groups excluding carboxylic acids is 3. The minimum Gasteiger partial charge on any atom is -0.490 e. The van der Waals surface area contributed by atoms with E-state index in [0.29, 0.717) is 51.9 Å². The van der Waals surface area contributed by atoms with Crippen molar-refractivity contribution in [3.8, 4) is 17.0 Å². The van der Waals surface area contributed by atoms with Crippen molar-refractivity contribution < 1.29 is 19.1 Å². The van der Waals surface area contributed by atoms with Gasteiger partial charge in [-0.05, 0) is 36.6 Å². The first-order chi connectivity index (χ1) is 21.1. The smallest absolute Gasteiger partial charge is 0.261 e. The van der Waals surface area contributed by atoms with Crippen molar-refractivity contribution in [3.63, 3.8) is 0 Å². The van der Waals surface area contributed by atoms with Crippen LogP contribution in [0.4, 0.5) is 0 Å². The van der Waals surface area contributed by atoms with Crippen molar-refractivity contribution in [1.29, 1.82) is 0 Å². The van der Waals surface area contributed by atoms with Gasteiger partial charge in [0, 0.05) is 17.5 Å². The average Bonchev–Trinajstić information content (AvgIpc) is 3.30. The Bertz CT molecular complexity index is 1770. The lowest BCUT2D eigenvalue weighted by Crippen LogP contribution is -2.31. The third-order valence-corrected chi connectivity index (χ3v) is 7.69. The number of nitrogens with one attached hydrogen (secondary N) is 1. The van der Waals surface area contributed by atoms with E-state index in [9.17, 15) is 14.4 Å². The van der Waals surface area contributed by atoms with Gasteiger partial charge in [-0.25, -0.2) is 4.98 Å². The SMILES string of the molecule is CCC(NC(=O)c1c(OCCCN2C(=O)c3ccccc3C2=O)c(-c2ccccc2)nc2ccccc12)c1ccccc1. The van der Waals surface area contributed by atoms with Crippen LogP contribution in [0.25, 0.3) is 22.2 Å². The number of amides is 3. The summed E-state index contributed by atoms with van der Waals surface area (Å²) in [5.41, 5.74) is 4.30. The molecule has 0 saturated carbocycles. The van der Waals surface area contributed by atoms with E-state index in [0.717, 1.165) is 11.1 Å². The number of hydrogen-bond donors (Lipinski definition) is 1. The van der Waals surface area contributed by atoms with E-state index in [-0.39, 0.29) is 36.9 Å². The summed E-state index contributed by atoms with van der Waals surface area (Å²) < 4.78 is 6.41. The zero-order chi connectivity index (χ0) is 29.8. The molecule has 1 N–H and O–H groups in total. The Morgan fingerprint density at radius 1 is 0.814 bits per heavy atom. The first-order valence-corrected chi connectivity index (χ1v) is 14.5. The largest absolute Gasteiger partial charge is 0.490 e. The average molecular weight is 570 g/mol. The second kappa shape index (κ2) is 12.3. The highest BCUT2D eigenvalue weighted by molar-refractivity contribution is 6.21. The zero-order valence-electron chi connectivity index (χ0n) is 23.8. The number of aromatic nitrogens is 1. The van der Waals surface area contributed by atoms with Crippen LogP contribution in [0.5, 0.6) is 5.75 Å². The Morgan fingerprint density at radius 3 is 2.09 bits per heavy atom. The summed E-state index contributed by atoms with van der Waals surface area (Å²) in [6, 6.07) is 33.7. The number of pyridine rings is 1. The molecule has 1 unspecified atom stereocenters. The minimum atomic E-state index is -0.301. The van der Waals surface area contributed by atoms with Crippen molar-refractivity contribution in [2.45, 2.75) is 25.8 Å². The molecule has 0 radical (unpaired) electrons. The Morgan fingerprint density at radius 2 is 1.42 bits per heavy atom. The molecule has 3 amide bonds. The fourth-order valence-electron chi connectivity index (χ4n) is 5.53. The first kappa shape index (κ1) is 27.8. The van der Waals surface area contributed by atoms with Crippen LogP contribution in [-0.4, -0.2) is 40.8 Å². The topological polar surface area (TPSA) is 88.6 Å². The molecule has 1 aliphatic rings. The highest BCUT2D eigenvalue weighted by Crippen LogP contribution is 2.37. The fraction of sp³-hybridized carbons (Fsp3) is 0.167. The summed E-state index contributed by atoms with van der Waals surface area (Å²) in [7, 11) is 0. The number of hydrogen-bond acceptors (Lipinski definition) is 5. The maximum atomic E-state index is 14.1. The molecule has 43 heavy (non-hydrogen) atoms. The maximum Gasteiger partial charge on any atom is 0.261 e. The first-order valence-electron chi connectivity index (χ1n) is 14.5. The highest BCUT2D eigenvalue weighted by atomic mass is 16.5. The summed E-state index contributed by atoms with van der Waals surface area (Å²) >= 11 is 0. The molecule has 0 bridgehead atoms. The van der Waals surface area contributed by atoms with Gasteiger partial charge < -0.3 is 10.1 Å². The van der Waals surface area contributed by atoms with Crippen molar-refractivity contribution >= 4 is 28.6 Å². The third kappa shape index (κ3) is 5.49. The van der Waals surface area contributed by atoms with Gasteiger partial charge in [-0.3, -0.25) is 19.3 Å². The van der Waals surface area contributed by atoms with Gasteiger partial charge in [0.2, 0.25) is 0 Å². The maximum absolute atomic E-state index is 14.1. The minimum absolute atomic E-state index is 0.170. The molecule has 1 aromatic heterocycles. The fourth-order valence-corrected chi connectivity index (χ4v) is 5.53. The molecule has 0 spiro atoms. The monoisotopic (exact) mass is 569 g/mol. The zero-order valence-corrected chi connectivity index (χ0v) is 23.8. The van der Waals surface area contributed by atoms with Gasteiger partial charge >= 0.3 is 0 Å². The molecule has 2 heterocycles. The molecule has 1 aliphatic heterocycles. The predicted octanol–water partition coefficient (Wildman–Crippen LogP) is 6.85. The molecule has 7 nitrogen and oxygen atoms in total. The third-order valence-electron chi connectivity index (χ3n) is 7.69. The Labute approximate surface area is 250 Å². The predicted molar refractivity (Wildman–Crippen MR) is 166 cm³/mol. The van der Waals surface area contributed by atoms with Gasteiger partial charge in [0.15, 0.2) is 5.75 Å². The number of nitrogens with zero attached hydrogens (tertiary/aromatic N) is 2. The van der Waals surface area contributed by atoms with E-state index >= 15 is 0 Å². The summed E-state index contributed by atoms with van der Waals surface area (Å²) in [5, 5.41) is 3.90. The number of ether oxygens (including phenoxy) is 1. The van der Waals surface area contributed by atoms with Crippen LogP contribution in [0, 0.1) is 0 Å². The van der Waals surface area contributed by atoms with E-state index in [1.807, 2.05) is 91.9 Å². The van der Waals surface area contributed by atoms with Crippen molar-refractivity contribution in [2.24, 2.45) is 0 Å². The van der Waals surface area contributed by atoms with Crippen LogP contribution >= 0.6 is 0 Å². The number of rotatable bonds is 10. The highest BCUT2D eigenvalue weighted by Gasteiger charge is 2.34. The number of imide groups is 1. The lowest BCUT2D eigenvalue weighted by molar-refractivity contribution is 0.0646. The Balaban J connectivity index is 1.33. The van der Waals surface area contributed by atoms with Gasteiger partial charge in [-0.1, -0.05) is 97.9 Å². The van der Waals surface area contributed by atoms with E-state index < -0.39 is 0 Å². The van der Waals surface area contributed by atoms with Gasteiger partial charge in [0.05, 0.1) is 34.9 Å². The summed E-state index contributed by atoms with van der Waals surface area (Å²) in [6.07, 6.45) is 1.09. The Hall–Kier alpha value is -5.30. The van der Waals surface area contributed by atoms with E-state index in [1.165, 1.54) is 4.90 Å². The van der Waals surface area contributed by atoms with E-state index in [2.05, 4.69) is 5.32 Å². The normalized spacial score (nSPS) is 13.2. The van der Waals surface area contributed by atoms with Crippen LogP contribution in [-0.2, 0) is 0 Å². The molecule has 0 aliphatic carbocycles. The van der Waals surface area contributed by atoms with Gasteiger partial charge in [0.1, 0.15) is 5.69 Å². The number of carbonyl (C=O) groups is 3. The summed E-state index contributed by atoms with van der Waals surface area (Å²) in [4.78, 5) is 46.0. The lowest BCUT2D eigenvalue weighted by Gasteiger charge is -2.22. The van der Waals surface area contributed by atoms with Crippen molar-refractivity contribution in [1.82, 2.24) is 15.2 Å². The molecule has 0 saturated heterocycles. The molecular weight excluding hydrogens is 538 g/mol. The quantitative estimate of drug-likeness (QED) is 0.147. The van der Waals surface area contributed by atoms with Crippen LogP contribution in [0.2, 0.25) is 0 Å². The number of para-hydroxylation sites is 1. The lowest BCUT2D eigenvalue weighted by atomic mass is 10.00. The number of fused-ring (bicyclic) bond motifs is 2. The van der Waals surface area contributed by atoms with E-state index in [1.54, 1.807) is 24.3 Å². The molecule has 5 aromatic rings. The molecule has 4 aromatic carbocycles. The van der Waals surface area contributed by atoms with Crippen LogP contribution in [0.3, 0.4) is 0 Å². The van der Waals surface area contributed by atoms with Crippen LogP contribution in [0.15, 0.2) is 109 Å². The van der Waals surface area contributed by atoms with Gasteiger partial charge in [0.25, 0.3) is 17.7 Å². The number of benzene rings is 4. The van der Waals surface area contributed by atoms with Crippen molar-refractivity contribution in [3.05, 3.63) is 131 Å². The van der Waals surface area contributed by atoms with Crippen LogP contribution < -0.4 is 10.1 Å². The summed E-state index contributed by atoms with van der Waals surface area (Å²) in [5.74, 6) is -0.497. The molecule has 1 atom stereocenters. The van der Waals surface area contributed by atoms with Gasteiger partial charge in [-0.15, -0.1) is 0 Å². The molecule has 7 heteroatoms. The second-order valence-electron chi connectivity index (χ2n) is 10.4. The standard InChI is InChI=1S/C36H31N3O4/c1-2-29(24-14-5-3-6-15-24)38-34(40)31-28-20-11-12-21-30(28)37-32(25-16-7-4-8-17-25)33(31)43-23-13-22-39-35(41)26-18-9-10-19-27(26)36(39)42/h3-12,14-21,29H,2,13,22-23H2,1H3,(H,38,40). The van der Waals surface area contributed by atoms with Crippen LogP contribution in [0.1, 0.15) is 62.4 Å². The second-order valence-corrected chi connectivity index (χ2v) is 10.4. The Kier molecular flexibility index (Phi) is 7.96. The summed E-state index contributed by atoms with van der Waals surface area (Å²) in [6.45, 7) is 2.40. The van der Waals surface area contributed by atoms with E-state index in [4.69, 9.17) is 9.72 Å². The molecule has 6 rings (SSSR count). The van der Waals surface area contributed by atoms with Crippen molar-refractivity contribution in [2.75, 3.05) is 13.2 Å². The molecule has 214 valence electrons. The molecular formula is C36H31N3O4. The molecule has 0 fully saturated rings. The van der Waals surface area contributed by atoms with Gasteiger partial charge in [-0.2, -0.15) is 0 Å².